The van der Waals surface area contributed by atoms with Crippen LogP contribution in [0.4, 0.5) is 5.82 Å². The minimum absolute atomic E-state index is 0.126. The number of fused-ring (bicyclic) bond motifs is 1. The number of hydrogen-bond donors (Lipinski definition) is 1. The lowest BCUT2D eigenvalue weighted by atomic mass is 10.2. The molecular formula is C20H23N5O3S. The second-order valence-corrected chi connectivity index (χ2v) is 7.98. The highest BCUT2D eigenvalue weighted by Crippen LogP contribution is 2.14. The van der Waals surface area contributed by atoms with Gasteiger partial charge in [-0.2, -0.15) is 0 Å². The van der Waals surface area contributed by atoms with Crippen LogP contribution in [0, 0.1) is 0 Å². The fourth-order valence-electron chi connectivity index (χ4n) is 3.60. The second-order valence-electron chi connectivity index (χ2n) is 7.06. The molecule has 0 unspecified atom stereocenters. The molecule has 1 amide bonds. The van der Waals surface area contributed by atoms with E-state index in [-0.39, 0.29) is 11.5 Å². The zero-order chi connectivity index (χ0) is 20.2. The first-order valence-electron chi connectivity index (χ1n) is 9.77. The highest BCUT2D eigenvalue weighted by Gasteiger charge is 2.21. The van der Waals surface area contributed by atoms with E-state index in [1.165, 1.54) is 15.9 Å². The van der Waals surface area contributed by atoms with Crippen molar-refractivity contribution in [3.63, 3.8) is 0 Å². The number of thiophene rings is 1. The third kappa shape index (κ3) is 4.24. The van der Waals surface area contributed by atoms with Gasteiger partial charge in [0.05, 0.1) is 5.52 Å². The number of piperazine rings is 1. The lowest BCUT2D eigenvalue weighted by molar-refractivity contribution is -0.131. The first kappa shape index (κ1) is 19.4. The summed E-state index contributed by atoms with van der Waals surface area (Å²) in [6, 6.07) is 7.57. The van der Waals surface area contributed by atoms with Gasteiger partial charge in [-0.15, -0.1) is 11.3 Å². The van der Waals surface area contributed by atoms with E-state index < -0.39 is 5.69 Å². The van der Waals surface area contributed by atoms with Crippen LogP contribution in [0.25, 0.3) is 10.2 Å². The molecule has 0 bridgehead atoms. The van der Waals surface area contributed by atoms with Crippen LogP contribution in [-0.2, 0) is 11.3 Å². The smallest absolute Gasteiger partial charge is 0.328 e. The highest BCUT2D eigenvalue weighted by molar-refractivity contribution is 7.17. The number of hydrogen-bond acceptors (Lipinski definition) is 6. The molecule has 0 saturated carbocycles. The first-order chi connectivity index (χ1) is 14.1. The van der Waals surface area contributed by atoms with Gasteiger partial charge in [-0.1, -0.05) is 6.07 Å². The zero-order valence-electron chi connectivity index (χ0n) is 16.0. The molecular weight excluding hydrogens is 390 g/mol. The molecule has 4 heterocycles. The number of rotatable bonds is 6. The van der Waals surface area contributed by atoms with Crippen LogP contribution in [0.5, 0.6) is 0 Å². The van der Waals surface area contributed by atoms with Gasteiger partial charge in [0.15, 0.2) is 0 Å². The van der Waals surface area contributed by atoms with Crippen LogP contribution < -0.4 is 16.1 Å². The van der Waals surface area contributed by atoms with Crippen molar-refractivity contribution in [2.24, 2.45) is 0 Å². The maximum atomic E-state index is 12.5. The van der Waals surface area contributed by atoms with E-state index >= 15 is 0 Å². The zero-order valence-corrected chi connectivity index (χ0v) is 16.9. The number of pyridine rings is 1. The fourth-order valence-corrected chi connectivity index (χ4v) is 4.40. The van der Waals surface area contributed by atoms with Crippen molar-refractivity contribution in [3.8, 4) is 0 Å². The number of H-pyrrole nitrogens is 1. The average Bonchev–Trinajstić information content (AvgIpc) is 3.22. The standard InChI is InChI=1S/C20H23N5O3S/c26-17(24-12-10-23(11-13-24)16-5-1-3-8-21-16)6-2-4-9-25-19(27)18-15(7-14-29-18)22-20(25)28/h1,3,5,7-8,14H,2,4,6,9-13H2,(H,22,28). The summed E-state index contributed by atoms with van der Waals surface area (Å²) in [7, 11) is 0. The van der Waals surface area contributed by atoms with Gasteiger partial charge in [0, 0.05) is 45.3 Å². The van der Waals surface area contributed by atoms with Gasteiger partial charge in [-0.05, 0) is 36.4 Å². The molecule has 1 N–H and O–H groups in total. The number of carbonyl (C=O) groups excluding carboxylic acids is 1. The second kappa shape index (κ2) is 8.60. The molecule has 1 aliphatic heterocycles. The Labute approximate surface area is 171 Å². The van der Waals surface area contributed by atoms with Gasteiger partial charge in [0.1, 0.15) is 10.5 Å². The predicted molar refractivity (Wildman–Crippen MR) is 114 cm³/mol. The Hall–Kier alpha value is -2.94. The Bertz CT molecular complexity index is 1100. The Morgan fingerprint density at radius 3 is 2.69 bits per heavy atom. The van der Waals surface area contributed by atoms with Gasteiger partial charge >= 0.3 is 5.69 Å². The van der Waals surface area contributed by atoms with E-state index in [4.69, 9.17) is 0 Å². The Kier molecular flexibility index (Phi) is 5.75. The van der Waals surface area contributed by atoms with E-state index in [0.717, 1.165) is 18.9 Å². The molecule has 0 aliphatic carbocycles. The number of aromatic amines is 1. The van der Waals surface area contributed by atoms with Crippen LogP contribution in [0.2, 0.25) is 0 Å². The van der Waals surface area contributed by atoms with Gasteiger partial charge < -0.3 is 14.8 Å². The number of nitrogens with zero attached hydrogens (tertiary/aromatic N) is 4. The first-order valence-corrected chi connectivity index (χ1v) is 10.7. The monoisotopic (exact) mass is 413 g/mol. The molecule has 3 aromatic heterocycles. The summed E-state index contributed by atoms with van der Waals surface area (Å²) in [5, 5.41) is 1.79. The third-order valence-corrected chi connectivity index (χ3v) is 6.12. The molecule has 1 aliphatic rings. The van der Waals surface area contributed by atoms with Gasteiger partial charge in [-0.25, -0.2) is 9.78 Å². The summed E-state index contributed by atoms with van der Waals surface area (Å²) >= 11 is 1.33. The number of anilines is 1. The molecule has 1 saturated heterocycles. The normalized spacial score (nSPS) is 14.5. The van der Waals surface area contributed by atoms with E-state index in [1.54, 1.807) is 17.6 Å². The molecule has 152 valence electrons. The number of amides is 1. The SMILES string of the molecule is O=C(CCCCn1c(=O)[nH]c2ccsc2c1=O)N1CCN(c2ccccn2)CC1. The Morgan fingerprint density at radius 1 is 1.10 bits per heavy atom. The van der Waals surface area contributed by atoms with Gasteiger partial charge in [-0.3, -0.25) is 14.2 Å². The molecule has 9 heteroatoms. The van der Waals surface area contributed by atoms with Crippen molar-refractivity contribution in [2.45, 2.75) is 25.8 Å². The van der Waals surface area contributed by atoms with E-state index in [1.807, 2.05) is 23.1 Å². The van der Waals surface area contributed by atoms with Crippen molar-refractivity contribution < 1.29 is 4.79 Å². The molecule has 8 nitrogen and oxygen atoms in total. The van der Waals surface area contributed by atoms with Crippen LogP contribution in [0.1, 0.15) is 19.3 Å². The Morgan fingerprint density at radius 2 is 1.93 bits per heavy atom. The van der Waals surface area contributed by atoms with Crippen molar-refractivity contribution in [1.29, 1.82) is 0 Å². The van der Waals surface area contributed by atoms with E-state index in [0.29, 0.717) is 49.1 Å². The van der Waals surface area contributed by atoms with Gasteiger partial charge in [0.2, 0.25) is 5.91 Å². The molecule has 0 radical (unpaired) electrons. The quantitative estimate of drug-likeness (QED) is 0.621. The van der Waals surface area contributed by atoms with Crippen molar-refractivity contribution in [2.75, 3.05) is 31.1 Å². The minimum Gasteiger partial charge on any atom is -0.353 e. The predicted octanol–water partition coefficient (Wildman–Crippen LogP) is 1.67. The molecule has 29 heavy (non-hydrogen) atoms. The number of nitrogens with one attached hydrogen (secondary N) is 1. The van der Waals surface area contributed by atoms with E-state index in [2.05, 4.69) is 14.9 Å². The molecule has 3 aromatic rings. The fraction of sp³-hybridized carbons (Fsp3) is 0.400. The van der Waals surface area contributed by atoms with E-state index in [9.17, 15) is 14.4 Å². The molecule has 0 spiro atoms. The minimum atomic E-state index is -0.391. The maximum absolute atomic E-state index is 12.5. The molecule has 0 atom stereocenters. The van der Waals surface area contributed by atoms with Crippen LogP contribution in [0.15, 0.2) is 45.4 Å². The van der Waals surface area contributed by atoms with Gasteiger partial charge in [0.25, 0.3) is 5.56 Å². The van der Waals surface area contributed by atoms with Crippen molar-refractivity contribution in [3.05, 3.63) is 56.7 Å². The van der Waals surface area contributed by atoms with Crippen LogP contribution in [0.3, 0.4) is 0 Å². The Balaban J connectivity index is 1.25. The lowest BCUT2D eigenvalue weighted by Crippen LogP contribution is -2.49. The topological polar surface area (TPSA) is 91.3 Å². The molecule has 0 aromatic carbocycles. The largest absolute Gasteiger partial charge is 0.353 e. The van der Waals surface area contributed by atoms with Crippen LogP contribution in [-0.4, -0.2) is 51.5 Å². The molecule has 1 fully saturated rings. The maximum Gasteiger partial charge on any atom is 0.328 e. The van der Waals surface area contributed by atoms with Crippen molar-refractivity contribution in [1.82, 2.24) is 19.4 Å². The molecule has 4 rings (SSSR count). The third-order valence-electron chi connectivity index (χ3n) is 5.22. The highest BCUT2D eigenvalue weighted by atomic mass is 32.1. The summed E-state index contributed by atoms with van der Waals surface area (Å²) in [5.74, 6) is 1.07. The summed E-state index contributed by atoms with van der Waals surface area (Å²) in [6.45, 7) is 3.23. The number of carbonyl (C=O) groups is 1. The summed E-state index contributed by atoms with van der Waals surface area (Å²) < 4.78 is 1.79. The summed E-state index contributed by atoms with van der Waals surface area (Å²) in [5.41, 5.74) is -0.0603. The lowest BCUT2D eigenvalue weighted by Gasteiger charge is -2.35. The average molecular weight is 414 g/mol. The summed E-state index contributed by atoms with van der Waals surface area (Å²) in [6.07, 6.45) is 3.46. The van der Waals surface area contributed by atoms with Crippen molar-refractivity contribution >= 4 is 33.3 Å². The number of unbranched alkanes of at least 4 members (excludes halogenated alkanes) is 1. The number of aromatic nitrogens is 3. The van der Waals surface area contributed by atoms with Crippen LogP contribution >= 0.6 is 11.3 Å². The summed E-state index contributed by atoms with van der Waals surface area (Å²) in [4.78, 5) is 48.1.